The summed E-state index contributed by atoms with van der Waals surface area (Å²) in [6.45, 7) is 5.93. The van der Waals surface area contributed by atoms with Gasteiger partial charge in [0, 0.05) is 6.54 Å². The predicted molar refractivity (Wildman–Crippen MR) is 39.4 cm³/mol. The lowest BCUT2D eigenvalue weighted by Crippen LogP contribution is -2.35. The second kappa shape index (κ2) is 3.64. The fourth-order valence-electron chi connectivity index (χ4n) is 0.764. The average Bonchev–Trinajstić information content (AvgIpc) is 1.64. The molecule has 0 heterocycles. The molecule has 9 heavy (non-hydrogen) atoms. The Morgan fingerprint density at radius 1 is 1.78 bits per heavy atom. The SMILES string of the molecule is C=CCC(C)(O)CNC. The second-order valence-corrected chi connectivity index (χ2v) is 2.52. The molecule has 0 aromatic rings. The van der Waals surface area contributed by atoms with Crippen LogP contribution >= 0.6 is 0 Å². The van der Waals surface area contributed by atoms with E-state index in [4.69, 9.17) is 0 Å². The summed E-state index contributed by atoms with van der Waals surface area (Å²) in [5.74, 6) is 0. The smallest absolute Gasteiger partial charge is 0.0777 e. The van der Waals surface area contributed by atoms with E-state index in [0.717, 1.165) is 0 Å². The molecular formula is C7H15NO. The van der Waals surface area contributed by atoms with Gasteiger partial charge in [0.25, 0.3) is 0 Å². The molecular weight excluding hydrogens is 114 g/mol. The molecule has 0 saturated heterocycles. The van der Waals surface area contributed by atoms with Gasteiger partial charge < -0.3 is 10.4 Å². The predicted octanol–water partition coefficient (Wildman–Crippen LogP) is 0.533. The molecule has 0 aromatic carbocycles. The van der Waals surface area contributed by atoms with Crippen LogP contribution in [0.25, 0.3) is 0 Å². The highest BCUT2D eigenvalue weighted by Crippen LogP contribution is 2.06. The molecule has 1 unspecified atom stereocenters. The minimum absolute atomic E-state index is 0.610. The maximum atomic E-state index is 9.38. The summed E-state index contributed by atoms with van der Waals surface area (Å²) >= 11 is 0. The molecule has 0 amide bonds. The normalized spacial score (nSPS) is 16.8. The van der Waals surface area contributed by atoms with Crippen molar-refractivity contribution in [1.29, 1.82) is 0 Å². The van der Waals surface area contributed by atoms with Gasteiger partial charge in [-0.2, -0.15) is 0 Å². The van der Waals surface area contributed by atoms with Crippen LogP contribution in [0.4, 0.5) is 0 Å². The minimum Gasteiger partial charge on any atom is -0.389 e. The molecule has 0 spiro atoms. The Labute approximate surface area is 56.6 Å². The Morgan fingerprint density at radius 3 is 2.67 bits per heavy atom. The van der Waals surface area contributed by atoms with Crippen LogP contribution in [0.2, 0.25) is 0 Å². The molecule has 54 valence electrons. The highest BCUT2D eigenvalue weighted by Gasteiger charge is 2.15. The number of nitrogens with one attached hydrogen (secondary N) is 1. The fourth-order valence-corrected chi connectivity index (χ4v) is 0.764. The number of rotatable bonds is 4. The summed E-state index contributed by atoms with van der Waals surface area (Å²) in [7, 11) is 1.82. The van der Waals surface area contributed by atoms with Crippen LogP contribution in [0.5, 0.6) is 0 Å². The van der Waals surface area contributed by atoms with E-state index >= 15 is 0 Å². The zero-order valence-corrected chi connectivity index (χ0v) is 6.15. The van der Waals surface area contributed by atoms with Crippen molar-refractivity contribution in [2.45, 2.75) is 18.9 Å². The van der Waals surface area contributed by atoms with Crippen LogP contribution in [0.1, 0.15) is 13.3 Å². The van der Waals surface area contributed by atoms with Gasteiger partial charge in [-0.3, -0.25) is 0 Å². The summed E-state index contributed by atoms with van der Waals surface area (Å²) in [6, 6.07) is 0. The molecule has 2 heteroatoms. The van der Waals surface area contributed by atoms with E-state index < -0.39 is 5.60 Å². The van der Waals surface area contributed by atoms with Crippen LogP contribution in [0.15, 0.2) is 12.7 Å². The number of hydrogen-bond donors (Lipinski definition) is 2. The monoisotopic (exact) mass is 129 g/mol. The first-order valence-corrected chi connectivity index (χ1v) is 3.10. The third kappa shape index (κ3) is 4.18. The summed E-state index contributed by atoms with van der Waals surface area (Å²) in [6.07, 6.45) is 2.35. The molecule has 2 N–H and O–H groups in total. The lowest BCUT2D eigenvalue weighted by Gasteiger charge is -2.20. The van der Waals surface area contributed by atoms with Crippen LogP contribution in [0, 0.1) is 0 Å². The van der Waals surface area contributed by atoms with Crippen molar-refractivity contribution in [2.75, 3.05) is 13.6 Å². The molecule has 0 aliphatic rings. The Morgan fingerprint density at radius 2 is 2.33 bits per heavy atom. The van der Waals surface area contributed by atoms with Crippen molar-refractivity contribution in [3.8, 4) is 0 Å². The summed E-state index contributed by atoms with van der Waals surface area (Å²) in [5.41, 5.74) is -0.628. The second-order valence-electron chi connectivity index (χ2n) is 2.52. The Balaban J connectivity index is 3.55. The molecule has 1 atom stereocenters. The summed E-state index contributed by atoms with van der Waals surface area (Å²) in [4.78, 5) is 0. The topological polar surface area (TPSA) is 32.3 Å². The van der Waals surface area contributed by atoms with Gasteiger partial charge in [-0.05, 0) is 20.4 Å². The Hall–Kier alpha value is -0.340. The summed E-state index contributed by atoms with van der Waals surface area (Å²) in [5, 5.41) is 12.3. The molecule has 0 aliphatic heterocycles. The first-order chi connectivity index (χ1) is 4.12. The van der Waals surface area contributed by atoms with E-state index in [1.54, 1.807) is 13.0 Å². The standard InChI is InChI=1S/C7H15NO/c1-4-5-7(2,9)6-8-3/h4,8-9H,1,5-6H2,2-3H3. The molecule has 0 aliphatic carbocycles. The molecule has 0 rings (SSSR count). The highest BCUT2D eigenvalue weighted by atomic mass is 16.3. The minimum atomic E-state index is -0.628. The van der Waals surface area contributed by atoms with Crippen LogP contribution in [-0.2, 0) is 0 Å². The zero-order chi connectivity index (χ0) is 7.33. The van der Waals surface area contributed by atoms with Gasteiger partial charge in [0.05, 0.1) is 5.60 Å². The fraction of sp³-hybridized carbons (Fsp3) is 0.714. The quantitative estimate of drug-likeness (QED) is 0.543. The van der Waals surface area contributed by atoms with Crippen molar-refractivity contribution >= 4 is 0 Å². The van der Waals surface area contributed by atoms with Gasteiger partial charge >= 0.3 is 0 Å². The van der Waals surface area contributed by atoms with Crippen molar-refractivity contribution in [3.63, 3.8) is 0 Å². The van der Waals surface area contributed by atoms with Crippen LogP contribution in [-0.4, -0.2) is 24.3 Å². The first-order valence-electron chi connectivity index (χ1n) is 3.10. The van der Waals surface area contributed by atoms with Crippen molar-refractivity contribution in [1.82, 2.24) is 5.32 Å². The third-order valence-corrected chi connectivity index (χ3v) is 1.14. The number of aliphatic hydroxyl groups is 1. The van der Waals surface area contributed by atoms with Crippen molar-refractivity contribution < 1.29 is 5.11 Å². The number of likely N-dealkylation sites (N-methyl/N-ethyl adjacent to an activating group) is 1. The van der Waals surface area contributed by atoms with E-state index in [1.807, 2.05) is 7.05 Å². The molecule has 0 saturated carbocycles. The molecule has 0 radical (unpaired) electrons. The van der Waals surface area contributed by atoms with Gasteiger partial charge in [-0.15, -0.1) is 6.58 Å². The maximum absolute atomic E-state index is 9.38. The van der Waals surface area contributed by atoms with E-state index in [0.29, 0.717) is 13.0 Å². The molecule has 0 aromatic heterocycles. The van der Waals surface area contributed by atoms with Gasteiger partial charge in [-0.25, -0.2) is 0 Å². The van der Waals surface area contributed by atoms with E-state index in [2.05, 4.69) is 11.9 Å². The average molecular weight is 129 g/mol. The van der Waals surface area contributed by atoms with Crippen molar-refractivity contribution in [2.24, 2.45) is 0 Å². The Kier molecular flexibility index (Phi) is 3.50. The largest absolute Gasteiger partial charge is 0.389 e. The van der Waals surface area contributed by atoms with E-state index in [9.17, 15) is 5.11 Å². The van der Waals surface area contributed by atoms with Gasteiger partial charge in [-0.1, -0.05) is 6.08 Å². The van der Waals surface area contributed by atoms with Crippen LogP contribution < -0.4 is 5.32 Å². The van der Waals surface area contributed by atoms with Crippen molar-refractivity contribution in [3.05, 3.63) is 12.7 Å². The first kappa shape index (κ1) is 8.66. The zero-order valence-electron chi connectivity index (χ0n) is 6.15. The van der Waals surface area contributed by atoms with Crippen LogP contribution in [0.3, 0.4) is 0 Å². The molecule has 2 nitrogen and oxygen atoms in total. The van der Waals surface area contributed by atoms with Gasteiger partial charge in [0.2, 0.25) is 0 Å². The lowest BCUT2D eigenvalue weighted by atomic mass is 10.0. The third-order valence-electron chi connectivity index (χ3n) is 1.14. The van der Waals surface area contributed by atoms with Gasteiger partial charge in [0.15, 0.2) is 0 Å². The maximum Gasteiger partial charge on any atom is 0.0777 e. The van der Waals surface area contributed by atoms with E-state index in [-0.39, 0.29) is 0 Å². The molecule has 0 fully saturated rings. The highest BCUT2D eigenvalue weighted by molar-refractivity contribution is 4.83. The summed E-state index contributed by atoms with van der Waals surface area (Å²) < 4.78 is 0. The molecule has 0 bridgehead atoms. The lowest BCUT2D eigenvalue weighted by molar-refractivity contribution is 0.0651. The van der Waals surface area contributed by atoms with Gasteiger partial charge in [0.1, 0.15) is 0 Å². The Bertz CT molecular complexity index is 88.9. The van der Waals surface area contributed by atoms with E-state index in [1.165, 1.54) is 0 Å². The number of hydrogen-bond acceptors (Lipinski definition) is 2.